The maximum absolute atomic E-state index is 13.3. The molecule has 1 saturated heterocycles. The highest BCUT2D eigenvalue weighted by molar-refractivity contribution is 5.90. The van der Waals surface area contributed by atoms with Crippen molar-refractivity contribution >= 4 is 11.8 Å². The lowest BCUT2D eigenvalue weighted by Gasteiger charge is -2.18. The first-order valence-corrected chi connectivity index (χ1v) is 6.92. The Morgan fingerprint density at radius 1 is 1.45 bits per heavy atom. The quantitative estimate of drug-likeness (QED) is 0.869. The number of carbonyl (C=O) groups excluding carboxylic acids is 2. The molecule has 2 N–H and O–H groups in total. The molecule has 1 saturated carbocycles. The lowest BCUT2D eigenvalue weighted by atomic mass is 9.95. The summed E-state index contributed by atoms with van der Waals surface area (Å²) >= 11 is 0. The van der Waals surface area contributed by atoms with Crippen LogP contribution in [-0.4, -0.2) is 24.4 Å². The molecule has 2 amide bonds. The summed E-state index contributed by atoms with van der Waals surface area (Å²) in [5, 5.41) is 5.54. The Balaban J connectivity index is 1.61. The van der Waals surface area contributed by atoms with Gasteiger partial charge in [-0.15, -0.1) is 0 Å². The van der Waals surface area contributed by atoms with Gasteiger partial charge in [0.2, 0.25) is 11.8 Å². The molecule has 5 heteroatoms. The molecule has 20 heavy (non-hydrogen) atoms. The number of amides is 2. The van der Waals surface area contributed by atoms with Crippen LogP contribution in [0.4, 0.5) is 4.39 Å². The van der Waals surface area contributed by atoms with E-state index in [1.165, 1.54) is 12.1 Å². The standard InChI is InChI=1S/C15H17FN2O2/c16-11-3-1-2-10(8-11)15(6-7-15)9-17-14(20)12-4-5-13(19)18-12/h1-3,8,12H,4-7,9H2,(H,17,20)(H,18,19). The van der Waals surface area contributed by atoms with Gasteiger partial charge in [-0.2, -0.15) is 0 Å². The van der Waals surface area contributed by atoms with Gasteiger partial charge >= 0.3 is 0 Å². The monoisotopic (exact) mass is 276 g/mol. The molecule has 1 heterocycles. The van der Waals surface area contributed by atoms with Crippen molar-refractivity contribution in [2.75, 3.05) is 6.54 Å². The van der Waals surface area contributed by atoms with Crippen LogP contribution in [0.15, 0.2) is 24.3 Å². The molecule has 1 unspecified atom stereocenters. The zero-order valence-electron chi connectivity index (χ0n) is 11.1. The fourth-order valence-corrected chi connectivity index (χ4v) is 2.73. The van der Waals surface area contributed by atoms with Crippen molar-refractivity contribution in [3.63, 3.8) is 0 Å². The number of benzene rings is 1. The van der Waals surface area contributed by atoms with Gasteiger partial charge < -0.3 is 10.6 Å². The van der Waals surface area contributed by atoms with Gasteiger partial charge in [-0.3, -0.25) is 9.59 Å². The maximum atomic E-state index is 13.3. The van der Waals surface area contributed by atoms with E-state index in [1.807, 2.05) is 6.07 Å². The Bertz CT molecular complexity index is 555. The van der Waals surface area contributed by atoms with E-state index in [1.54, 1.807) is 6.07 Å². The van der Waals surface area contributed by atoms with Crippen molar-refractivity contribution < 1.29 is 14.0 Å². The van der Waals surface area contributed by atoms with Crippen LogP contribution < -0.4 is 10.6 Å². The summed E-state index contributed by atoms with van der Waals surface area (Å²) < 4.78 is 13.3. The van der Waals surface area contributed by atoms with E-state index in [0.29, 0.717) is 19.4 Å². The molecule has 1 aliphatic carbocycles. The Kier molecular flexibility index (Phi) is 3.20. The van der Waals surface area contributed by atoms with E-state index in [4.69, 9.17) is 0 Å². The SMILES string of the molecule is O=C1CCC(C(=O)NCC2(c3cccc(F)c3)CC2)N1. The number of hydrogen-bond donors (Lipinski definition) is 2. The van der Waals surface area contributed by atoms with Crippen molar-refractivity contribution in [2.45, 2.75) is 37.1 Å². The van der Waals surface area contributed by atoms with E-state index < -0.39 is 6.04 Å². The van der Waals surface area contributed by atoms with Gasteiger partial charge in [0, 0.05) is 18.4 Å². The third kappa shape index (κ3) is 2.53. The predicted octanol–water partition coefficient (Wildman–Crippen LogP) is 1.25. The van der Waals surface area contributed by atoms with Gasteiger partial charge in [0.05, 0.1) is 0 Å². The molecular weight excluding hydrogens is 259 g/mol. The molecular formula is C15H17FN2O2. The number of carbonyl (C=O) groups is 2. The van der Waals surface area contributed by atoms with Crippen molar-refractivity contribution in [3.8, 4) is 0 Å². The number of hydrogen-bond acceptors (Lipinski definition) is 2. The first kappa shape index (κ1) is 13.1. The zero-order valence-corrected chi connectivity index (χ0v) is 11.1. The van der Waals surface area contributed by atoms with E-state index in [9.17, 15) is 14.0 Å². The van der Waals surface area contributed by atoms with Crippen LogP contribution in [0.3, 0.4) is 0 Å². The maximum Gasteiger partial charge on any atom is 0.242 e. The van der Waals surface area contributed by atoms with Crippen LogP contribution in [0.25, 0.3) is 0 Å². The average Bonchev–Trinajstić information content (AvgIpc) is 3.11. The van der Waals surface area contributed by atoms with E-state index in [2.05, 4.69) is 10.6 Å². The molecule has 0 spiro atoms. The minimum Gasteiger partial charge on any atom is -0.353 e. The number of rotatable bonds is 4. The Labute approximate surface area is 116 Å². The smallest absolute Gasteiger partial charge is 0.242 e. The summed E-state index contributed by atoms with van der Waals surface area (Å²) in [4.78, 5) is 23.1. The molecule has 1 aliphatic heterocycles. The highest BCUT2D eigenvalue weighted by Gasteiger charge is 2.45. The second kappa shape index (κ2) is 4.89. The molecule has 106 valence electrons. The summed E-state index contributed by atoms with van der Waals surface area (Å²) in [5.41, 5.74) is 0.814. The van der Waals surface area contributed by atoms with Gasteiger partial charge in [-0.1, -0.05) is 12.1 Å². The van der Waals surface area contributed by atoms with Crippen molar-refractivity contribution in [1.29, 1.82) is 0 Å². The molecule has 0 aromatic heterocycles. The largest absolute Gasteiger partial charge is 0.353 e. The van der Waals surface area contributed by atoms with E-state index in [-0.39, 0.29) is 23.0 Å². The van der Waals surface area contributed by atoms with Crippen molar-refractivity contribution in [3.05, 3.63) is 35.6 Å². The fraction of sp³-hybridized carbons (Fsp3) is 0.467. The molecule has 1 atom stereocenters. The van der Waals surface area contributed by atoms with Gasteiger partial charge in [0.25, 0.3) is 0 Å². The lowest BCUT2D eigenvalue weighted by molar-refractivity contribution is -0.125. The van der Waals surface area contributed by atoms with Crippen LogP contribution in [0.1, 0.15) is 31.2 Å². The van der Waals surface area contributed by atoms with E-state index >= 15 is 0 Å². The molecule has 1 aromatic rings. The third-order valence-electron chi connectivity index (χ3n) is 4.20. The molecule has 4 nitrogen and oxygen atoms in total. The molecule has 3 rings (SSSR count). The fourth-order valence-electron chi connectivity index (χ4n) is 2.73. The third-order valence-corrected chi connectivity index (χ3v) is 4.20. The van der Waals surface area contributed by atoms with Gasteiger partial charge in [-0.25, -0.2) is 4.39 Å². The molecule has 0 bridgehead atoms. The first-order chi connectivity index (χ1) is 9.59. The van der Waals surface area contributed by atoms with Crippen molar-refractivity contribution in [2.24, 2.45) is 0 Å². The topological polar surface area (TPSA) is 58.2 Å². The summed E-state index contributed by atoms with van der Waals surface area (Å²) in [6.07, 6.45) is 2.87. The van der Waals surface area contributed by atoms with Crippen LogP contribution in [0.2, 0.25) is 0 Å². The van der Waals surface area contributed by atoms with Crippen LogP contribution in [0.5, 0.6) is 0 Å². The molecule has 2 aliphatic rings. The second-order valence-corrected chi connectivity index (χ2v) is 5.67. The Morgan fingerprint density at radius 3 is 2.85 bits per heavy atom. The van der Waals surface area contributed by atoms with Crippen LogP contribution in [0, 0.1) is 5.82 Å². The molecule has 2 fully saturated rings. The summed E-state index contributed by atoms with van der Waals surface area (Å²) in [7, 11) is 0. The second-order valence-electron chi connectivity index (χ2n) is 5.67. The number of halogens is 1. The summed E-state index contributed by atoms with van der Waals surface area (Å²) in [5.74, 6) is -0.460. The van der Waals surface area contributed by atoms with E-state index in [0.717, 1.165) is 18.4 Å². The molecule has 1 aromatic carbocycles. The van der Waals surface area contributed by atoms with Gasteiger partial charge in [0.15, 0.2) is 0 Å². The number of nitrogens with one attached hydrogen (secondary N) is 2. The highest BCUT2D eigenvalue weighted by atomic mass is 19.1. The van der Waals surface area contributed by atoms with Crippen molar-refractivity contribution in [1.82, 2.24) is 10.6 Å². The zero-order chi connectivity index (χ0) is 14.2. The minimum absolute atomic E-state index is 0.0728. The summed E-state index contributed by atoms with van der Waals surface area (Å²) in [6, 6.07) is 6.15. The average molecular weight is 276 g/mol. The van der Waals surface area contributed by atoms with Crippen LogP contribution >= 0.6 is 0 Å². The minimum atomic E-state index is -0.411. The predicted molar refractivity (Wildman–Crippen MR) is 71.5 cm³/mol. The lowest BCUT2D eigenvalue weighted by Crippen LogP contribution is -2.44. The Morgan fingerprint density at radius 2 is 2.25 bits per heavy atom. The molecule has 0 radical (unpaired) electrons. The summed E-state index contributed by atoms with van der Waals surface area (Å²) in [6.45, 7) is 0.502. The Hall–Kier alpha value is -1.91. The highest BCUT2D eigenvalue weighted by Crippen LogP contribution is 2.47. The normalized spacial score (nSPS) is 23.2. The van der Waals surface area contributed by atoms with Gasteiger partial charge in [-0.05, 0) is 37.0 Å². The first-order valence-electron chi connectivity index (χ1n) is 6.92. The van der Waals surface area contributed by atoms with Gasteiger partial charge in [0.1, 0.15) is 11.9 Å². The van der Waals surface area contributed by atoms with Crippen LogP contribution in [-0.2, 0) is 15.0 Å².